The largest absolute Gasteiger partial charge is 0.431 e. The van der Waals surface area contributed by atoms with Gasteiger partial charge in [0.25, 0.3) is 0 Å². The van der Waals surface area contributed by atoms with Gasteiger partial charge in [0.1, 0.15) is 0 Å². The van der Waals surface area contributed by atoms with E-state index in [1.807, 2.05) is 18.2 Å². The zero-order valence-corrected chi connectivity index (χ0v) is 9.58. The van der Waals surface area contributed by atoms with Gasteiger partial charge in [0.05, 0.1) is 6.26 Å². The maximum atomic E-state index is 10.1. The standard InChI is InChI=1S/C9H12O.C5H4O2/c10-8-4-7-9-5-2-1-3-6-9;6-5-3-1-2-4-7-5/h1-3,5-6,10H,4,7-8H2;1-4H. The zero-order valence-electron chi connectivity index (χ0n) is 9.58. The monoisotopic (exact) mass is 232 g/mol. The van der Waals surface area contributed by atoms with Crippen molar-refractivity contribution in [3.05, 3.63) is 70.8 Å². The van der Waals surface area contributed by atoms with Crippen molar-refractivity contribution in [1.82, 2.24) is 0 Å². The first-order valence-electron chi connectivity index (χ1n) is 5.51. The van der Waals surface area contributed by atoms with E-state index in [0.29, 0.717) is 0 Å². The molecule has 17 heavy (non-hydrogen) atoms. The van der Waals surface area contributed by atoms with E-state index in [-0.39, 0.29) is 12.2 Å². The Morgan fingerprint density at radius 1 is 1.00 bits per heavy atom. The summed E-state index contributed by atoms with van der Waals surface area (Å²) in [6.45, 7) is 0.287. The lowest BCUT2D eigenvalue weighted by Gasteiger charge is -1.96. The van der Waals surface area contributed by atoms with E-state index in [1.165, 1.54) is 17.9 Å². The second kappa shape index (κ2) is 8.30. The lowest BCUT2D eigenvalue weighted by Crippen LogP contribution is -1.90. The second-order valence-corrected chi connectivity index (χ2v) is 3.44. The predicted molar refractivity (Wildman–Crippen MR) is 66.8 cm³/mol. The maximum Gasteiger partial charge on any atom is 0.335 e. The molecule has 3 heteroatoms. The third-order valence-corrected chi connectivity index (χ3v) is 2.07. The fraction of sp³-hybridized carbons (Fsp3) is 0.214. The fourth-order valence-corrected chi connectivity index (χ4v) is 1.25. The third-order valence-electron chi connectivity index (χ3n) is 2.07. The summed E-state index contributed by atoms with van der Waals surface area (Å²) in [6, 6.07) is 14.8. The van der Waals surface area contributed by atoms with Crippen LogP contribution in [-0.4, -0.2) is 11.7 Å². The molecule has 90 valence electrons. The molecule has 0 saturated carbocycles. The molecule has 0 aliphatic carbocycles. The summed E-state index contributed by atoms with van der Waals surface area (Å²) in [5.41, 5.74) is 0.999. The Morgan fingerprint density at radius 3 is 2.18 bits per heavy atom. The van der Waals surface area contributed by atoms with Gasteiger partial charge in [0.2, 0.25) is 0 Å². The van der Waals surface area contributed by atoms with E-state index in [4.69, 9.17) is 5.11 Å². The van der Waals surface area contributed by atoms with Gasteiger partial charge < -0.3 is 9.52 Å². The number of hydrogen-bond acceptors (Lipinski definition) is 3. The molecule has 2 aromatic rings. The van der Waals surface area contributed by atoms with Crippen LogP contribution in [0.25, 0.3) is 0 Å². The van der Waals surface area contributed by atoms with Crippen molar-refractivity contribution in [2.75, 3.05) is 6.61 Å². The quantitative estimate of drug-likeness (QED) is 0.883. The van der Waals surface area contributed by atoms with Crippen LogP contribution in [0.2, 0.25) is 0 Å². The second-order valence-electron chi connectivity index (χ2n) is 3.44. The highest BCUT2D eigenvalue weighted by Gasteiger charge is 1.88. The lowest BCUT2D eigenvalue weighted by atomic mass is 10.1. The summed E-state index contributed by atoms with van der Waals surface area (Å²) < 4.78 is 4.37. The van der Waals surface area contributed by atoms with Gasteiger partial charge in [-0.1, -0.05) is 36.4 Å². The van der Waals surface area contributed by atoms with Gasteiger partial charge in [-0.15, -0.1) is 0 Å². The Morgan fingerprint density at radius 2 is 1.71 bits per heavy atom. The Labute approximate surface area is 100 Å². The first-order valence-corrected chi connectivity index (χ1v) is 5.51. The average Bonchev–Trinajstić information content (AvgIpc) is 2.39. The van der Waals surface area contributed by atoms with Crippen LogP contribution in [0, 0.1) is 0 Å². The summed E-state index contributed by atoms with van der Waals surface area (Å²) in [7, 11) is 0. The van der Waals surface area contributed by atoms with E-state index >= 15 is 0 Å². The Bertz CT molecular complexity index is 431. The smallest absolute Gasteiger partial charge is 0.335 e. The van der Waals surface area contributed by atoms with Crippen LogP contribution in [0.4, 0.5) is 0 Å². The molecule has 0 radical (unpaired) electrons. The van der Waals surface area contributed by atoms with Crippen LogP contribution in [0.1, 0.15) is 12.0 Å². The van der Waals surface area contributed by atoms with Crippen LogP contribution in [-0.2, 0) is 6.42 Å². The Balaban J connectivity index is 0.000000181. The molecule has 0 bridgehead atoms. The van der Waals surface area contributed by atoms with E-state index in [0.717, 1.165) is 12.8 Å². The predicted octanol–water partition coefficient (Wildman–Crippen LogP) is 2.25. The van der Waals surface area contributed by atoms with Crippen molar-refractivity contribution in [2.45, 2.75) is 12.8 Å². The summed E-state index contributed by atoms with van der Waals surface area (Å²) in [6.07, 6.45) is 3.20. The molecular formula is C14H16O3. The van der Waals surface area contributed by atoms with Gasteiger partial charge in [-0.2, -0.15) is 0 Å². The molecule has 0 amide bonds. The highest BCUT2D eigenvalue weighted by atomic mass is 16.4. The topological polar surface area (TPSA) is 50.4 Å². The van der Waals surface area contributed by atoms with E-state index in [1.54, 1.807) is 12.1 Å². The van der Waals surface area contributed by atoms with Crippen molar-refractivity contribution < 1.29 is 9.52 Å². The van der Waals surface area contributed by atoms with Gasteiger partial charge in [-0.25, -0.2) is 4.79 Å². The summed E-state index contributed by atoms with van der Waals surface area (Å²) in [5.74, 6) is 0. The van der Waals surface area contributed by atoms with Crippen LogP contribution in [0.3, 0.4) is 0 Å². The minimum Gasteiger partial charge on any atom is -0.431 e. The van der Waals surface area contributed by atoms with Crippen molar-refractivity contribution in [3.8, 4) is 0 Å². The summed E-state index contributed by atoms with van der Waals surface area (Å²) in [4.78, 5) is 10.1. The van der Waals surface area contributed by atoms with Gasteiger partial charge in [-0.05, 0) is 24.5 Å². The SMILES string of the molecule is O=c1cccco1.OCCCc1ccccc1. The minimum absolute atomic E-state index is 0.287. The van der Waals surface area contributed by atoms with Crippen LogP contribution in [0.5, 0.6) is 0 Å². The molecular weight excluding hydrogens is 216 g/mol. The van der Waals surface area contributed by atoms with Crippen molar-refractivity contribution in [2.24, 2.45) is 0 Å². The van der Waals surface area contributed by atoms with Crippen LogP contribution < -0.4 is 5.63 Å². The first kappa shape index (κ1) is 13.2. The third kappa shape index (κ3) is 6.33. The van der Waals surface area contributed by atoms with Crippen molar-refractivity contribution >= 4 is 0 Å². The molecule has 1 N–H and O–H groups in total. The molecule has 3 nitrogen and oxygen atoms in total. The average molecular weight is 232 g/mol. The molecule has 1 heterocycles. The number of benzene rings is 1. The van der Waals surface area contributed by atoms with Gasteiger partial charge >= 0.3 is 5.63 Å². The van der Waals surface area contributed by atoms with Crippen LogP contribution in [0.15, 0.2) is 64.0 Å². The zero-order chi connectivity index (χ0) is 12.3. The molecule has 2 rings (SSSR count). The number of aryl methyl sites for hydroxylation is 1. The molecule has 0 atom stereocenters. The molecule has 0 unspecified atom stereocenters. The van der Waals surface area contributed by atoms with Crippen molar-refractivity contribution in [3.63, 3.8) is 0 Å². The number of hydrogen-bond donors (Lipinski definition) is 1. The number of rotatable bonds is 3. The van der Waals surface area contributed by atoms with E-state index in [2.05, 4.69) is 16.5 Å². The van der Waals surface area contributed by atoms with E-state index in [9.17, 15) is 4.79 Å². The first-order chi connectivity index (χ1) is 8.33. The fourth-order valence-electron chi connectivity index (χ4n) is 1.25. The van der Waals surface area contributed by atoms with Gasteiger partial charge in [0, 0.05) is 12.7 Å². The molecule has 0 spiro atoms. The Hall–Kier alpha value is -1.87. The van der Waals surface area contributed by atoms with Crippen LogP contribution >= 0.6 is 0 Å². The van der Waals surface area contributed by atoms with Crippen molar-refractivity contribution in [1.29, 1.82) is 0 Å². The molecule has 1 aromatic heterocycles. The van der Waals surface area contributed by atoms with Gasteiger partial charge in [-0.3, -0.25) is 0 Å². The normalized spacial score (nSPS) is 9.24. The summed E-state index contributed by atoms with van der Waals surface area (Å²) >= 11 is 0. The summed E-state index contributed by atoms with van der Waals surface area (Å²) in [5, 5.41) is 8.53. The molecule has 0 saturated heterocycles. The Kier molecular flexibility index (Phi) is 6.44. The highest BCUT2D eigenvalue weighted by Crippen LogP contribution is 2.00. The number of aliphatic hydroxyl groups excluding tert-OH is 1. The molecule has 0 fully saturated rings. The minimum atomic E-state index is -0.303. The molecule has 1 aromatic carbocycles. The van der Waals surface area contributed by atoms with E-state index < -0.39 is 0 Å². The molecule has 0 aliphatic rings. The highest BCUT2D eigenvalue weighted by molar-refractivity contribution is 5.14. The van der Waals surface area contributed by atoms with Gasteiger partial charge in [0.15, 0.2) is 0 Å². The maximum absolute atomic E-state index is 10.1. The number of aliphatic hydroxyl groups is 1. The molecule has 0 aliphatic heterocycles. The lowest BCUT2D eigenvalue weighted by molar-refractivity contribution is 0.288.